The van der Waals surface area contributed by atoms with Gasteiger partial charge in [0.05, 0.1) is 5.69 Å². The van der Waals surface area contributed by atoms with Crippen molar-refractivity contribution in [3.05, 3.63) is 71.9 Å². The molecule has 134 valence electrons. The van der Waals surface area contributed by atoms with Crippen LogP contribution in [-0.4, -0.2) is 20.5 Å². The second-order valence-electron chi connectivity index (χ2n) is 7.43. The van der Waals surface area contributed by atoms with E-state index in [9.17, 15) is 4.79 Å². The van der Waals surface area contributed by atoms with Crippen LogP contribution in [0.1, 0.15) is 45.6 Å². The summed E-state index contributed by atoms with van der Waals surface area (Å²) < 4.78 is 1.70. The fourth-order valence-electron chi connectivity index (χ4n) is 3.49. The largest absolute Gasteiger partial charge is 0.290 e. The van der Waals surface area contributed by atoms with E-state index in [1.54, 1.807) is 23.2 Å². The highest BCUT2D eigenvalue weighted by Crippen LogP contribution is 2.40. The molecule has 1 aliphatic carbocycles. The standard InChI is InChI=1S/C22H25N3O/c1-17-5-4-14-22(2,3)21(17)13-12-20(26)11-8-18-6-9-19(10-7-18)25-16-23-15-24-25/h6-13,15-16H,4-5,14H2,1-3H3/b11-8+,13-12+. The number of carbonyl (C=O) groups excluding carboxylic acids is 1. The number of aromatic nitrogens is 3. The lowest BCUT2D eigenvalue weighted by Gasteiger charge is -2.32. The summed E-state index contributed by atoms with van der Waals surface area (Å²) in [5.41, 5.74) is 4.78. The summed E-state index contributed by atoms with van der Waals surface area (Å²) in [6.45, 7) is 6.69. The van der Waals surface area contributed by atoms with E-state index >= 15 is 0 Å². The Hall–Kier alpha value is -2.75. The van der Waals surface area contributed by atoms with Crippen LogP contribution in [-0.2, 0) is 4.79 Å². The number of rotatable bonds is 5. The molecule has 1 aromatic heterocycles. The molecule has 0 spiro atoms. The lowest BCUT2D eigenvalue weighted by molar-refractivity contribution is -0.110. The van der Waals surface area contributed by atoms with Gasteiger partial charge in [-0.15, -0.1) is 0 Å². The number of carbonyl (C=O) groups is 1. The third-order valence-electron chi connectivity index (χ3n) is 4.97. The third-order valence-corrected chi connectivity index (χ3v) is 4.97. The molecule has 0 atom stereocenters. The van der Waals surface area contributed by atoms with E-state index in [1.165, 1.54) is 30.3 Å². The normalized spacial score (nSPS) is 17.3. The van der Waals surface area contributed by atoms with Crippen molar-refractivity contribution in [2.75, 3.05) is 0 Å². The Labute approximate surface area is 155 Å². The van der Waals surface area contributed by atoms with Crippen molar-refractivity contribution in [2.24, 2.45) is 5.41 Å². The quantitative estimate of drug-likeness (QED) is 0.720. The van der Waals surface area contributed by atoms with E-state index in [0.29, 0.717) is 0 Å². The number of nitrogens with zero attached hydrogens (tertiary/aromatic N) is 3. The van der Waals surface area contributed by atoms with Crippen LogP contribution in [0.4, 0.5) is 0 Å². The van der Waals surface area contributed by atoms with Gasteiger partial charge in [0.15, 0.2) is 5.78 Å². The van der Waals surface area contributed by atoms with Crippen LogP contribution < -0.4 is 0 Å². The van der Waals surface area contributed by atoms with E-state index in [1.807, 2.05) is 36.4 Å². The summed E-state index contributed by atoms with van der Waals surface area (Å²) in [6.07, 6.45) is 13.8. The van der Waals surface area contributed by atoms with Gasteiger partial charge in [-0.25, -0.2) is 9.67 Å². The van der Waals surface area contributed by atoms with Gasteiger partial charge in [0, 0.05) is 0 Å². The van der Waals surface area contributed by atoms with Crippen LogP contribution in [0.3, 0.4) is 0 Å². The molecule has 0 radical (unpaired) electrons. The van der Waals surface area contributed by atoms with Gasteiger partial charge in [-0.05, 0) is 67.0 Å². The fourth-order valence-corrected chi connectivity index (χ4v) is 3.49. The van der Waals surface area contributed by atoms with Crippen molar-refractivity contribution in [1.29, 1.82) is 0 Å². The van der Waals surface area contributed by atoms with Gasteiger partial charge in [0.1, 0.15) is 12.7 Å². The lowest BCUT2D eigenvalue weighted by Crippen LogP contribution is -2.19. The Balaban J connectivity index is 1.66. The SMILES string of the molecule is CC1=C(/C=C/C(=O)/C=C/c2ccc(-n3cncn3)cc2)C(C)(C)CCC1. The molecule has 0 fully saturated rings. The van der Waals surface area contributed by atoms with E-state index in [2.05, 4.69) is 30.9 Å². The van der Waals surface area contributed by atoms with Crippen molar-refractivity contribution < 1.29 is 4.79 Å². The predicted octanol–water partition coefficient (Wildman–Crippen LogP) is 4.93. The minimum atomic E-state index is 0.00651. The summed E-state index contributed by atoms with van der Waals surface area (Å²) >= 11 is 0. The molecule has 0 amide bonds. The van der Waals surface area contributed by atoms with Crippen molar-refractivity contribution in [2.45, 2.75) is 40.0 Å². The molecule has 0 bridgehead atoms. The van der Waals surface area contributed by atoms with Crippen molar-refractivity contribution in [3.63, 3.8) is 0 Å². The second-order valence-corrected chi connectivity index (χ2v) is 7.43. The number of hydrogen-bond donors (Lipinski definition) is 0. The van der Waals surface area contributed by atoms with Crippen LogP contribution >= 0.6 is 0 Å². The highest BCUT2D eigenvalue weighted by Gasteiger charge is 2.26. The molecule has 1 aliphatic rings. The van der Waals surface area contributed by atoms with Crippen molar-refractivity contribution >= 4 is 11.9 Å². The van der Waals surface area contributed by atoms with Gasteiger partial charge in [-0.2, -0.15) is 5.10 Å². The first-order valence-electron chi connectivity index (χ1n) is 9.01. The molecule has 4 heteroatoms. The topological polar surface area (TPSA) is 47.8 Å². The summed E-state index contributed by atoms with van der Waals surface area (Å²) in [5.74, 6) is 0.00651. The maximum atomic E-state index is 12.2. The Morgan fingerprint density at radius 3 is 2.54 bits per heavy atom. The van der Waals surface area contributed by atoms with Crippen LogP contribution in [0.25, 0.3) is 11.8 Å². The minimum absolute atomic E-state index is 0.00651. The first-order chi connectivity index (χ1) is 12.5. The number of allylic oxidation sites excluding steroid dienone is 5. The maximum Gasteiger partial charge on any atom is 0.178 e. The average molecular weight is 347 g/mol. The smallest absolute Gasteiger partial charge is 0.178 e. The van der Waals surface area contributed by atoms with Gasteiger partial charge in [0.25, 0.3) is 0 Å². The van der Waals surface area contributed by atoms with E-state index in [0.717, 1.165) is 17.7 Å². The highest BCUT2D eigenvalue weighted by molar-refractivity contribution is 6.02. The molecule has 0 unspecified atom stereocenters. The van der Waals surface area contributed by atoms with Gasteiger partial charge in [-0.1, -0.05) is 43.7 Å². The summed E-state index contributed by atoms with van der Waals surface area (Å²) in [7, 11) is 0. The van der Waals surface area contributed by atoms with Gasteiger partial charge < -0.3 is 0 Å². The molecule has 0 saturated heterocycles. The van der Waals surface area contributed by atoms with Crippen LogP contribution in [0, 0.1) is 5.41 Å². The number of hydrogen-bond acceptors (Lipinski definition) is 3. The average Bonchev–Trinajstić information content (AvgIpc) is 3.14. The minimum Gasteiger partial charge on any atom is -0.290 e. The Morgan fingerprint density at radius 2 is 1.88 bits per heavy atom. The van der Waals surface area contributed by atoms with Gasteiger partial charge >= 0.3 is 0 Å². The van der Waals surface area contributed by atoms with Gasteiger partial charge in [-0.3, -0.25) is 4.79 Å². The van der Waals surface area contributed by atoms with E-state index in [-0.39, 0.29) is 11.2 Å². The van der Waals surface area contributed by atoms with E-state index in [4.69, 9.17) is 0 Å². The third kappa shape index (κ3) is 4.26. The number of benzene rings is 1. The predicted molar refractivity (Wildman–Crippen MR) is 105 cm³/mol. The highest BCUT2D eigenvalue weighted by atomic mass is 16.1. The molecule has 2 aromatic rings. The molecule has 0 N–H and O–H groups in total. The molecule has 3 rings (SSSR count). The molecule has 26 heavy (non-hydrogen) atoms. The molecule has 1 aromatic carbocycles. The Morgan fingerprint density at radius 1 is 1.15 bits per heavy atom. The Bertz CT molecular complexity index is 853. The molecule has 0 saturated carbocycles. The van der Waals surface area contributed by atoms with Crippen LogP contribution in [0.15, 0.2) is 66.3 Å². The zero-order valence-corrected chi connectivity index (χ0v) is 15.6. The lowest BCUT2D eigenvalue weighted by atomic mass is 9.72. The fraction of sp³-hybridized carbons (Fsp3) is 0.318. The van der Waals surface area contributed by atoms with Crippen molar-refractivity contribution in [1.82, 2.24) is 14.8 Å². The zero-order chi connectivity index (χ0) is 18.6. The monoisotopic (exact) mass is 347 g/mol. The molecule has 0 aliphatic heterocycles. The summed E-state index contributed by atoms with van der Waals surface area (Å²) in [4.78, 5) is 16.1. The Kier molecular flexibility index (Phi) is 5.31. The van der Waals surface area contributed by atoms with Gasteiger partial charge in [0.2, 0.25) is 0 Å². The van der Waals surface area contributed by atoms with Crippen LogP contribution in [0.2, 0.25) is 0 Å². The molecule has 1 heterocycles. The first-order valence-corrected chi connectivity index (χ1v) is 9.01. The molecular weight excluding hydrogens is 322 g/mol. The zero-order valence-electron chi connectivity index (χ0n) is 15.6. The van der Waals surface area contributed by atoms with Crippen molar-refractivity contribution in [3.8, 4) is 5.69 Å². The number of ketones is 1. The molecular formula is C22H25N3O. The second kappa shape index (κ2) is 7.65. The maximum absolute atomic E-state index is 12.2. The van der Waals surface area contributed by atoms with E-state index < -0.39 is 0 Å². The first kappa shape index (κ1) is 18.1. The summed E-state index contributed by atoms with van der Waals surface area (Å²) in [5, 5.41) is 4.10. The van der Waals surface area contributed by atoms with Crippen LogP contribution in [0.5, 0.6) is 0 Å². The summed E-state index contributed by atoms with van der Waals surface area (Å²) in [6, 6.07) is 7.82. The molecule has 4 nitrogen and oxygen atoms in total.